The Hall–Kier alpha value is -3.28. The number of non-ortho nitro benzene ring substituents is 1. The van der Waals surface area contributed by atoms with Crippen molar-refractivity contribution >= 4 is 23.3 Å². The molecule has 0 aliphatic carbocycles. The minimum absolute atomic E-state index is 0.0570. The molecule has 6 nitrogen and oxygen atoms in total. The van der Waals surface area contributed by atoms with Gasteiger partial charge in [-0.05, 0) is 23.8 Å². The standard InChI is InChI=1S/C16H12N2O4/c19-16(13-4-2-1-3-5-13)10-14(11-17-20)12-6-8-15(9-7-12)18(21)22/h1-11,20H/b14-10-,17-11+. The van der Waals surface area contributed by atoms with Crippen molar-refractivity contribution in [3.05, 3.63) is 81.9 Å². The maximum atomic E-state index is 12.2. The summed E-state index contributed by atoms with van der Waals surface area (Å²) in [5.74, 6) is -0.256. The van der Waals surface area contributed by atoms with Crippen LogP contribution in [0.1, 0.15) is 15.9 Å². The summed E-state index contributed by atoms with van der Waals surface area (Å²) in [6.07, 6.45) is 2.43. The van der Waals surface area contributed by atoms with Crippen LogP contribution < -0.4 is 0 Å². The van der Waals surface area contributed by atoms with Gasteiger partial charge in [-0.15, -0.1) is 0 Å². The van der Waals surface area contributed by atoms with Crippen LogP contribution in [0.5, 0.6) is 0 Å². The van der Waals surface area contributed by atoms with Gasteiger partial charge in [0.25, 0.3) is 5.69 Å². The second-order valence-corrected chi connectivity index (χ2v) is 4.38. The molecule has 22 heavy (non-hydrogen) atoms. The number of hydrogen-bond acceptors (Lipinski definition) is 5. The molecule has 0 atom stereocenters. The number of nitro benzene ring substituents is 1. The number of nitro groups is 1. The molecule has 2 aromatic carbocycles. The second kappa shape index (κ2) is 6.94. The number of ketones is 1. The third kappa shape index (κ3) is 3.63. The van der Waals surface area contributed by atoms with Gasteiger partial charge in [0.15, 0.2) is 5.78 Å². The fourth-order valence-electron chi connectivity index (χ4n) is 1.86. The van der Waals surface area contributed by atoms with Crippen LogP contribution in [0.2, 0.25) is 0 Å². The molecule has 0 saturated carbocycles. The first-order valence-corrected chi connectivity index (χ1v) is 6.35. The molecule has 0 unspecified atom stereocenters. The third-order valence-corrected chi connectivity index (χ3v) is 2.95. The summed E-state index contributed by atoms with van der Waals surface area (Å²) in [6, 6.07) is 14.2. The summed E-state index contributed by atoms with van der Waals surface area (Å²) >= 11 is 0. The second-order valence-electron chi connectivity index (χ2n) is 4.38. The van der Waals surface area contributed by atoms with Crippen molar-refractivity contribution in [1.82, 2.24) is 0 Å². The summed E-state index contributed by atoms with van der Waals surface area (Å²) in [5, 5.41) is 22.3. The van der Waals surface area contributed by atoms with E-state index in [9.17, 15) is 14.9 Å². The van der Waals surface area contributed by atoms with Crippen LogP contribution >= 0.6 is 0 Å². The van der Waals surface area contributed by atoms with E-state index >= 15 is 0 Å². The normalized spacial score (nSPS) is 11.5. The summed E-state index contributed by atoms with van der Waals surface area (Å²) in [7, 11) is 0. The maximum absolute atomic E-state index is 12.2. The smallest absolute Gasteiger partial charge is 0.269 e. The molecule has 1 N–H and O–H groups in total. The van der Waals surface area contributed by atoms with E-state index in [1.165, 1.54) is 30.3 Å². The largest absolute Gasteiger partial charge is 0.411 e. The Balaban J connectivity index is 2.35. The van der Waals surface area contributed by atoms with Crippen LogP contribution in [-0.4, -0.2) is 22.1 Å². The number of hydrogen-bond donors (Lipinski definition) is 1. The molecule has 0 spiro atoms. The minimum Gasteiger partial charge on any atom is -0.411 e. The molecular weight excluding hydrogens is 284 g/mol. The molecule has 0 aromatic heterocycles. The van der Waals surface area contributed by atoms with Crippen LogP contribution in [0.15, 0.2) is 65.8 Å². The molecule has 110 valence electrons. The topological polar surface area (TPSA) is 92.8 Å². The first-order chi connectivity index (χ1) is 10.6. The van der Waals surface area contributed by atoms with Crippen LogP contribution in [0.3, 0.4) is 0 Å². The highest BCUT2D eigenvalue weighted by molar-refractivity contribution is 6.19. The van der Waals surface area contributed by atoms with Crippen molar-refractivity contribution in [1.29, 1.82) is 0 Å². The molecule has 0 aliphatic heterocycles. The van der Waals surface area contributed by atoms with E-state index in [1.54, 1.807) is 30.3 Å². The van der Waals surface area contributed by atoms with E-state index in [2.05, 4.69) is 5.16 Å². The highest BCUT2D eigenvalue weighted by Gasteiger charge is 2.08. The highest BCUT2D eigenvalue weighted by Crippen LogP contribution is 2.18. The molecular formula is C16H12N2O4. The molecule has 2 aromatic rings. The van der Waals surface area contributed by atoms with Crippen molar-refractivity contribution < 1.29 is 14.9 Å². The number of allylic oxidation sites excluding steroid dienone is 2. The van der Waals surface area contributed by atoms with Crippen LogP contribution in [0.4, 0.5) is 5.69 Å². The van der Waals surface area contributed by atoms with Crippen LogP contribution in [-0.2, 0) is 0 Å². The summed E-state index contributed by atoms with van der Waals surface area (Å²) in [4.78, 5) is 22.3. The molecule has 0 amide bonds. The van der Waals surface area contributed by atoms with Gasteiger partial charge in [-0.1, -0.05) is 35.5 Å². The summed E-state index contributed by atoms with van der Waals surface area (Å²) < 4.78 is 0. The Morgan fingerprint density at radius 2 is 1.68 bits per heavy atom. The summed E-state index contributed by atoms with van der Waals surface area (Å²) in [6.45, 7) is 0. The fourth-order valence-corrected chi connectivity index (χ4v) is 1.86. The van der Waals surface area contributed by atoms with Crippen molar-refractivity contribution in [3.63, 3.8) is 0 Å². The van der Waals surface area contributed by atoms with E-state index < -0.39 is 4.92 Å². The monoisotopic (exact) mass is 296 g/mol. The molecule has 0 heterocycles. The highest BCUT2D eigenvalue weighted by atomic mass is 16.6. The predicted molar refractivity (Wildman–Crippen MR) is 82.1 cm³/mol. The number of benzene rings is 2. The molecule has 0 bridgehead atoms. The SMILES string of the molecule is O=C(/C=C(/C=N/O)c1ccc([N+](=O)[O-])cc1)c1ccccc1. The van der Waals surface area contributed by atoms with Gasteiger partial charge in [0.05, 0.1) is 11.1 Å². The average molecular weight is 296 g/mol. The number of nitrogens with zero attached hydrogens (tertiary/aromatic N) is 2. The van der Waals surface area contributed by atoms with Crippen LogP contribution in [0.25, 0.3) is 5.57 Å². The molecule has 0 radical (unpaired) electrons. The minimum atomic E-state index is -0.511. The van der Waals surface area contributed by atoms with Crippen molar-refractivity contribution in [2.24, 2.45) is 5.16 Å². The lowest BCUT2D eigenvalue weighted by Crippen LogP contribution is -1.97. The van der Waals surface area contributed by atoms with Gasteiger partial charge in [-0.25, -0.2) is 0 Å². The van der Waals surface area contributed by atoms with Gasteiger partial charge in [0.1, 0.15) is 0 Å². The zero-order valence-corrected chi connectivity index (χ0v) is 11.4. The van der Waals surface area contributed by atoms with Gasteiger partial charge < -0.3 is 5.21 Å². The molecule has 2 rings (SSSR count). The number of rotatable bonds is 5. The number of oxime groups is 1. The lowest BCUT2D eigenvalue weighted by Gasteiger charge is -2.02. The Labute approximate surface area is 126 Å². The first-order valence-electron chi connectivity index (χ1n) is 6.35. The zero-order chi connectivity index (χ0) is 15.9. The summed E-state index contributed by atoms with van der Waals surface area (Å²) in [5.41, 5.74) is 1.32. The van der Waals surface area contributed by atoms with Crippen molar-refractivity contribution in [2.45, 2.75) is 0 Å². The average Bonchev–Trinajstić information content (AvgIpc) is 2.55. The number of carbonyl (C=O) groups excluding carboxylic acids is 1. The quantitative estimate of drug-likeness (QED) is 0.229. The van der Waals surface area contributed by atoms with E-state index in [0.29, 0.717) is 16.7 Å². The molecule has 0 fully saturated rings. The van der Waals surface area contributed by atoms with Gasteiger partial charge in [-0.3, -0.25) is 14.9 Å². The molecule has 6 heteroatoms. The van der Waals surface area contributed by atoms with Gasteiger partial charge in [0.2, 0.25) is 0 Å². The number of carbonyl (C=O) groups is 1. The van der Waals surface area contributed by atoms with Gasteiger partial charge in [-0.2, -0.15) is 0 Å². The predicted octanol–water partition coefficient (Wildman–Crippen LogP) is 3.32. The van der Waals surface area contributed by atoms with E-state index in [1.807, 2.05) is 0 Å². The Morgan fingerprint density at radius 3 is 2.23 bits per heavy atom. The van der Waals surface area contributed by atoms with Gasteiger partial charge >= 0.3 is 0 Å². The first kappa shape index (κ1) is 15.1. The Morgan fingerprint density at radius 1 is 1.05 bits per heavy atom. The maximum Gasteiger partial charge on any atom is 0.269 e. The molecule has 0 saturated heterocycles. The van der Waals surface area contributed by atoms with E-state index in [0.717, 1.165) is 6.21 Å². The Bertz CT molecular complexity index is 735. The third-order valence-electron chi connectivity index (χ3n) is 2.95. The van der Waals surface area contributed by atoms with Gasteiger partial charge in [0, 0.05) is 23.3 Å². The lowest BCUT2D eigenvalue weighted by molar-refractivity contribution is -0.384. The Kier molecular flexibility index (Phi) is 4.77. The zero-order valence-electron chi connectivity index (χ0n) is 11.4. The van der Waals surface area contributed by atoms with Crippen molar-refractivity contribution in [2.75, 3.05) is 0 Å². The van der Waals surface area contributed by atoms with E-state index in [-0.39, 0.29) is 11.5 Å². The van der Waals surface area contributed by atoms with E-state index in [4.69, 9.17) is 5.21 Å². The molecule has 0 aliphatic rings. The lowest BCUT2D eigenvalue weighted by atomic mass is 10.0. The van der Waals surface area contributed by atoms with Crippen molar-refractivity contribution in [3.8, 4) is 0 Å². The van der Waals surface area contributed by atoms with Crippen LogP contribution in [0, 0.1) is 10.1 Å². The fraction of sp³-hybridized carbons (Fsp3) is 0.